The summed E-state index contributed by atoms with van der Waals surface area (Å²) < 4.78 is 29.4. The van der Waals surface area contributed by atoms with E-state index in [1.165, 1.54) is 11.7 Å². The molecular weight excluding hydrogens is 304 g/mol. The second-order valence-corrected chi connectivity index (χ2v) is 5.90. The maximum Gasteiger partial charge on any atom is 0.273 e. The van der Waals surface area contributed by atoms with Crippen LogP contribution in [0.15, 0.2) is 29.4 Å². The lowest BCUT2D eigenvalue weighted by atomic mass is 10.2. The highest BCUT2D eigenvalue weighted by Crippen LogP contribution is 2.23. The van der Waals surface area contributed by atoms with Crippen molar-refractivity contribution in [3.63, 3.8) is 0 Å². The Bertz CT molecular complexity index is 714. The van der Waals surface area contributed by atoms with Gasteiger partial charge >= 0.3 is 0 Å². The number of hydrogen-bond acceptors (Lipinski definition) is 5. The molecule has 0 aliphatic heterocycles. The van der Waals surface area contributed by atoms with Crippen LogP contribution in [-0.4, -0.2) is 36.9 Å². The van der Waals surface area contributed by atoms with Crippen LogP contribution in [0.25, 0.3) is 11.4 Å². The molecule has 0 unspecified atom stereocenters. The zero-order chi connectivity index (χ0) is 14.8. The Hall–Kier alpha value is -1.48. The van der Waals surface area contributed by atoms with E-state index < -0.39 is 10.0 Å². The third kappa shape index (κ3) is 3.15. The largest absolute Gasteiger partial charge is 0.383 e. The highest BCUT2D eigenvalue weighted by molar-refractivity contribution is 7.89. The van der Waals surface area contributed by atoms with Gasteiger partial charge in [0.2, 0.25) is 0 Å². The third-order valence-electron chi connectivity index (χ3n) is 2.57. The fourth-order valence-electron chi connectivity index (χ4n) is 1.72. The standard InChI is InChI=1S/C11H13ClN4O3S/c1-19-6-5-16-10(8-3-2-4-9(12)7-8)14-15-11(16)20(13,17)18/h2-4,7H,5-6H2,1H3,(H2,13,17,18). The molecule has 0 aliphatic carbocycles. The van der Waals surface area contributed by atoms with Crippen molar-refractivity contribution in [3.05, 3.63) is 29.3 Å². The molecule has 0 atom stereocenters. The first-order chi connectivity index (χ1) is 9.43. The lowest BCUT2D eigenvalue weighted by Gasteiger charge is -2.08. The number of nitrogens with zero attached hydrogens (tertiary/aromatic N) is 3. The molecule has 1 aromatic carbocycles. The van der Waals surface area contributed by atoms with Crippen LogP contribution in [-0.2, 0) is 21.3 Å². The van der Waals surface area contributed by atoms with E-state index in [0.29, 0.717) is 23.0 Å². The second kappa shape index (κ2) is 5.88. The van der Waals surface area contributed by atoms with Crippen LogP contribution in [0.5, 0.6) is 0 Å². The van der Waals surface area contributed by atoms with Crippen LogP contribution in [0.2, 0.25) is 5.02 Å². The first kappa shape index (κ1) is 14.9. The van der Waals surface area contributed by atoms with Gasteiger partial charge in [0.25, 0.3) is 15.2 Å². The molecule has 9 heteroatoms. The average molecular weight is 317 g/mol. The van der Waals surface area contributed by atoms with Gasteiger partial charge in [0.05, 0.1) is 13.2 Å². The summed E-state index contributed by atoms with van der Waals surface area (Å²) in [5.74, 6) is 0.369. The molecule has 0 saturated carbocycles. The number of ether oxygens (including phenoxy) is 1. The molecular formula is C11H13ClN4O3S. The molecule has 0 bridgehead atoms. The van der Waals surface area contributed by atoms with Gasteiger partial charge in [0.15, 0.2) is 5.82 Å². The van der Waals surface area contributed by atoms with Crippen molar-refractivity contribution in [1.29, 1.82) is 0 Å². The van der Waals surface area contributed by atoms with E-state index >= 15 is 0 Å². The van der Waals surface area contributed by atoms with E-state index in [9.17, 15) is 8.42 Å². The maximum atomic E-state index is 11.5. The van der Waals surface area contributed by atoms with Crippen molar-refractivity contribution in [2.45, 2.75) is 11.7 Å². The number of hydrogen-bond donors (Lipinski definition) is 1. The molecule has 0 radical (unpaired) electrons. The summed E-state index contributed by atoms with van der Waals surface area (Å²) in [6.07, 6.45) is 0. The van der Waals surface area contributed by atoms with Crippen LogP contribution in [0.4, 0.5) is 0 Å². The Morgan fingerprint density at radius 3 is 2.75 bits per heavy atom. The van der Waals surface area contributed by atoms with Crippen LogP contribution < -0.4 is 5.14 Å². The topological polar surface area (TPSA) is 100 Å². The van der Waals surface area contributed by atoms with Crippen molar-refractivity contribution in [1.82, 2.24) is 14.8 Å². The van der Waals surface area contributed by atoms with Crippen molar-refractivity contribution in [2.75, 3.05) is 13.7 Å². The Kier molecular flexibility index (Phi) is 4.39. The lowest BCUT2D eigenvalue weighted by Crippen LogP contribution is -2.20. The summed E-state index contributed by atoms with van der Waals surface area (Å²) in [5.41, 5.74) is 0.649. The Morgan fingerprint density at radius 2 is 2.15 bits per heavy atom. The number of benzene rings is 1. The normalized spacial score (nSPS) is 11.8. The molecule has 1 heterocycles. The molecule has 2 N–H and O–H groups in total. The van der Waals surface area contributed by atoms with Gasteiger partial charge in [-0.25, -0.2) is 13.6 Å². The first-order valence-corrected chi connectivity index (χ1v) is 7.57. The van der Waals surface area contributed by atoms with Crippen LogP contribution >= 0.6 is 11.6 Å². The van der Waals surface area contributed by atoms with Crippen LogP contribution in [0, 0.1) is 0 Å². The fraction of sp³-hybridized carbons (Fsp3) is 0.273. The maximum absolute atomic E-state index is 11.5. The number of sulfonamides is 1. The van der Waals surface area contributed by atoms with Gasteiger partial charge in [-0.3, -0.25) is 4.57 Å². The minimum absolute atomic E-state index is 0.261. The first-order valence-electron chi connectivity index (χ1n) is 5.64. The quantitative estimate of drug-likeness (QED) is 0.883. The molecule has 1 aromatic heterocycles. The van der Waals surface area contributed by atoms with E-state index in [-0.39, 0.29) is 11.7 Å². The molecule has 2 rings (SSSR count). The summed E-state index contributed by atoms with van der Waals surface area (Å²) >= 11 is 5.92. The number of nitrogens with two attached hydrogens (primary N) is 1. The number of methoxy groups -OCH3 is 1. The smallest absolute Gasteiger partial charge is 0.273 e. The van der Waals surface area contributed by atoms with E-state index in [1.807, 2.05) is 0 Å². The van der Waals surface area contributed by atoms with Gasteiger partial charge in [0.1, 0.15) is 0 Å². The Balaban J connectivity index is 2.56. The number of primary sulfonamides is 1. The molecule has 7 nitrogen and oxygen atoms in total. The molecule has 0 amide bonds. The average Bonchev–Trinajstić information content (AvgIpc) is 2.79. The van der Waals surface area contributed by atoms with E-state index in [4.69, 9.17) is 21.5 Å². The lowest BCUT2D eigenvalue weighted by molar-refractivity contribution is 0.185. The van der Waals surface area contributed by atoms with E-state index in [0.717, 1.165) is 0 Å². The zero-order valence-corrected chi connectivity index (χ0v) is 12.2. The highest BCUT2D eigenvalue weighted by atomic mass is 35.5. The number of halogens is 1. The summed E-state index contributed by atoms with van der Waals surface area (Å²) in [4.78, 5) is 0. The summed E-state index contributed by atoms with van der Waals surface area (Å²) in [5, 5.41) is 12.9. The minimum atomic E-state index is -3.96. The molecule has 2 aromatic rings. The van der Waals surface area contributed by atoms with Crippen LogP contribution in [0.1, 0.15) is 0 Å². The predicted octanol–water partition coefficient (Wildman–Crippen LogP) is 0.892. The number of aromatic nitrogens is 3. The summed E-state index contributed by atoms with van der Waals surface area (Å²) in [7, 11) is -2.45. The minimum Gasteiger partial charge on any atom is -0.383 e. The van der Waals surface area contributed by atoms with E-state index in [1.54, 1.807) is 24.3 Å². The molecule has 0 aliphatic rings. The molecule has 20 heavy (non-hydrogen) atoms. The van der Waals surface area contributed by atoms with Gasteiger partial charge in [-0.2, -0.15) is 0 Å². The Labute approximate surface area is 121 Å². The monoisotopic (exact) mass is 316 g/mol. The van der Waals surface area contributed by atoms with Gasteiger partial charge < -0.3 is 4.74 Å². The Morgan fingerprint density at radius 1 is 1.40 bits per heavy atom. The zero-order valence-electron chi connectivity index (χ0n) is 10.7. The molecule has 108 valence electrons. The highest BCUT2D eigenvalue weighted by Gasteiger charge is 2.21. The van der Waals surface area contributed by atoms with Crippen molar-refractivity contribution in [3.8, 4) is 11.4 Å². The third-order valence-corrected chi connectivity index (χ3v) is 3.62. The second-order valence-electron chi connectivity index (χ2n) is 4.01. The van der Waals surface area contributed by atoms with Gasteiger partial charge in [0, 0.05) is 17.7 Å². The van der Waals surface area contributed by atoms with Gasteiger partial charge in [-0.05, 0) is 12.1 Å². The molecule has 0 spiro atoms. The van der Waals surface area contributed by atoms with Crippen molar-refractivity contribution >= 4 is 21.6 Å². The molecule has 0 fully saturated rings. The molecule has 0 saturated heterocycles. The van der Waals surface area contributed by atoms with Crippen LogP contribution in [0.3, 0.4) is 0 Å². The van der Waals surface area contributed by atoms with E-state index in [2.05, 4.69) is 10.2 Å². The van der Waals surface area contributed by atoms with Gasteiger partial charge in [-0.15, -0.1) is 10.2 Å². The van der Waals surface area contributed by atoms with Crippen molar-refractivity contribution in [2.24, 2.45) is 5.14 Å². The SMILES string of the molecule is COCCn1c(-c2cccc(Cl)c2)nnc1S(N)(=O)=O. The number of rotatable bonds is 5. The predicted molar refractivity (Wildman–Crippen MR) is 73.7 cm³/mol. The van der Waals surface area contributed by atoms with Gasteiger partial charge in [-0.1, -0.05) is 23.7 Å². The summed E-state index contributed by atoms with van der Waals surface area (Å²) in [6.45, 7) is 0.561. The fourth-order valence-corrected chi connectivity index (χ4v) is 2.55. The summed E-state index contributed by atoms with van der Waals surface area (Å²) in [6, 6.07) is 6.87. The van der Waals surface area contributed by atoms with Crippen molar-refractivity contribution < 1.29 is 13.2 Å².